The third-order valence-electron chi connectivity index (χ3n) is 4.90. The summed E-state index contributed by atoms with van der Waals surface area (Å²) in [6.45, 7) is 1.97. The lowest BCUT2D eigenvalue weighted by Crippen LogP contribution is -2.44. The number of hydrogen-bond acceptors (Lipinski definition) is 4. The van der Waals surface area contributed by atoms with Crippen LogP contribution >= 0.6 is 0 Å². The van der Waals surface area contributed by atoms with E-state index in [1.54, 1.807) is 16.8 Å². The lowest BCUT2D eigenvalue weighted by atomic mass is 10.2. The zero-order valence-corrected chi connectivity index (χ0v) is 15.8. The number of rotatable bonds is 4. The van der Waals surface area contributed by atoms with Gasteiger partial charge in [-0.15, -0.1) is 0 Å². The van der Waals surface area contributed by atoms with Crippen LogP contribution in [0.15, 0.2) is 48.5 Å². The number of anilines is 1. The molecule has 0 spiro atoms. The summed E-state index contributed by atoms with van der Waals surface area (Å²) in [7, 11) is 1.75. The molecule has 0 aromatic heterocycles. The maximum atomic E-state index is 12.5. The predicted molar refractivity (Wildman–Crippen MR) is 105 cm³/mol. The van der Waals surface area contributed by atoms with Crippen LogP contribution in [0.3, 0.4) is 0 Å². The molecule has 2 aliphatic rings. The van der Waals surface area contributed by atoms with Crippen molar-refractivity contribution in [3.05, 3.63) is 54.1 Å². The molecule has 146 valence electrons. The molecule has 0 unspecified atom stereocenters. The summed E-state index contributed by atoms with van der Waals surface area (Å²) < 4.78 is 11.1. The van der Waals surface area contributed by atoms with E-state index in [1.165, 1.54) is 0 Å². The van der Waals surface area contributed by atoms with E-state index in [-0.39, 0.29) is 24.4 Å². The molecule has 28 heavy (non-hydrogen) atoms. The second-order valence-corrected chi connectivity index (χ2v) is 7.02. The fourth-order valence-electron chi connectivity index (χ4n) is 3.47. The minimum atomic E-state index is -0.230. The number of carbonyl (C=O) groups is 2. The maximum absolute atomic E-state index is 12.5. The number of nitrogens with one attached hydrogen (secondary N) is 1. The highest BCUT2D eigenvalue weighted by Crippen LogP contribution is 2.35. The summed E-state index contributed by atoms with van der Waals surface area (Å²) >= 11 is 0. The Morgan fingerprint density at radius 3 is 2.68 bits per heavy atom. The Bertz CT molecular complexity index is 871. The minimum Gasteiger partial charge on any atom is -0.486 e. The SMILES string of the molecule is CN(Cc1ccccc1)C(=O)N[C@@H]1CC(=O)N(c2ccc3c(c2)OCCO3)C1. The van der Waals surface area contributed by atoms with Gasteiger partial charge in [-0.3, -0.25) is 4.79 Å². The van der Waals surface area contributed by atoms with Gasteiger partial charge in [-0.05, 0) is 17.7 Å². The van der Waals surface area contributed by atoms with Crippen molar-refractivity contribution < 1.29 is 19.1 Å². The monoisotopic (exact) mass is 381 g/mol. The highest BCUT2D eigenvalue weighted by molar-refractivity contribution is 5.97. The van der Waals surface area contributed by atoms with Crippen molar-refractivity contribution >= 4 is 17.6 Å². The molecule has 1 fully saturated rings. The van der Waals surface area contributed by atoms with Crippen molar-refractivity contribution in [3.63, 3.8) is 0 Å². The molecular weight excluding hydrogens is 358 g/mol. The topological polar surface area (TPSA) is 71.1 Å². The first kappa shape index (κ1) is 18.2. The molecular formula is C21H23N3O4. The number of carbonyl (C=O) groups excluding carboxylic acids is 2. The Balaban J connectivity index is 1.37. The summed E-state index contributed by atoms with van der Waals surface area (Å²) in [4.78, 5) is 28.3. The van der Waals surface area contributed by atoms with E-state index in [2.05, 4.69) is 5.32 Å². The van der Waals surface area contributed by atoms with Crippen LogP contribution in [0, 0.1) is 0 Å². The summed E-state index contributed by atoms with van der Waals surface area (Å²) in [5.74, 6) is 1.31. The van der Waals surface area contributed by atoms with E-state index in [1.807, 2.05) is 48.5 Å². The van der Waals surface area contributed by atoms with Gasteiger partial charge < -0.3 is 24.6 Å². The second-order valence-electron chi connectivity index (χ2n) is 7.02. The quantitative estimate of drug-likeness (QED) is 0.883. The summed E-state index contributed by atoms with van der Waals surface area (Å²) in [5.41, 5.74) is 1.81. The Morgan fingerprint density at radius 2 is 1.89 bits per heavy atom. The van der Waals surface area contributed by atoms with Crippen molar-refractivity contribution in [3.8, 4) is 11.5 Å². The van der Waals surface area contributed by atoms with Crippen LogP contribution in [0.2, 0.25) is 0 Å². The molecule has 3 amide bonds. The van der Waals surface area contributed by atoms with Crippen molar-refractivity contribution in [2.24, 2.45) is 0 Å². The number of benzene rings is 2. The number of hydrogen-bond donors (Lipinski definition) is 1. The molecule has 0 aliphatic carbocycles. The number of nitrogens with zero attached hydrogens (tertiary/aromatic N) is 2. The molecule has 0 radical (unpaired) electrons. The molecule has 1 saturated heterocycles. The number of fused-ring (bicyclic) bond motifs is 1. The number of ether oxygens (including phenoxy) is 2. The van der Waals surface area contributed by atoms with Gasteiger partial charge in [0.05, 0.1) is 6.04 Å². The van der Waals surface area contributed by atoms with Crippen LogP contribution < -0.4 is 19.7 Å². The maximum Gasteiger partial charge on any atom is 0.317 e. The first-order chi connectivity index (χ1) is 13.6. The van der Waals surface area contributed by atoms with Gasteiger partial charge in [-0.1, -0.05) is 30.3 Å². The Morgan fingerprint density at radius 1 is 1.14 bits per heavy atom. The van der Waals surface area contributed by atoms with Crippen molar-refractivity contribution in [1.29, 1.82) is 0 Å². The molecule has 2 aromatic carbocycles. The van der Waals surface area contributed by atoms with Gasteiger partial charge >= 0.3 is 6.03 Å². The van der Waals surface area contributed by atoms with Crippen molar-refractivity contribution in [2.75, 3.05) is 31.7 Å². The average Bonchev–Trinajstić information content (AvgIpc) is 3.08. The molecule has 1 atom stereocenters. The third kappa shape index (κ3) is 3.88. The lowest BCUT2D eigenvalue weighted by Gasteiger charge is -2.23. The van der Waals surface area contributed by atoms with Crippen LogP contribution in [0.25, 0.3) is 0 Å². The van der Waals surface area contributed by atoms with Gasteiger partial charge in [0.15, 0.2) is 11.5 Å². The van der Waals surface area contributed by atoms with E-state index < -0.39 is 0 Å². The number of urea groups is 1. The molecule has 0 saturated carbocycles. The zero-order valence-electron chi connectivity index (χ0n) is 15.8. The van der Waals surface area contributed by atoms with Gasteiger partial charge in [0, 0.05) is 38.3 Å². The largest absolute Gasteiger partial charge is 0.486 e. The highest BCUT2D eigenvalue weighted by Gasteiger charge is 2.32. The van der Waals surface area contributed by atoms with Crippen molar-refractivity contribution in [2.45, 2.75) is 19.0 Å². The van der Waals surface area contributed by atoms with Gasteiger partial charge in [0.1, 0.15) is 13.2 Å². The lowest BCUT2D eigenvalue weighted by molar-refractivity contribution is -0.117. The van der Waals surface area contributed by atoms with Gasteiger partial charge in [-0.25, -0.2) is 4.79 Å². The van der Waals surface area contributed by atoms with Crippen LogP contribution in [-0.4, -0.2) is 49.7 Å². The third-order valence-corrected chi connectivity index (χ3v) is 4.90. The van der Waals surface area contributed by atoms with Gasteiger partial charge in [-0.2, -0.15) is 0 Å². The van der Waals surface area contributed by atoms with E-state index >= 15 is 0 Å². The minimum absolute atomic E-state index is 0.0207. The molecule has 2 heterocycles. The molecule has 0 bridgehead atoms. The van der Waals surface area contributed by atoms with E-state index in [0.29, 0.717) is 37.8 Å². The van der Waals surface area contributed by atoms with Crippen LogP contribution in [0.4, 0.5) is 10.5 Å². The Hall–Kier alpha value is -3.22. The molecule has 2 aromatic rings. The van der Waals surface area contributed by atoms with Crippen molar-refractivity contribution in [1.82, 2.24) is 10.2 Å². The normalized spacial score (nSPS) is 18.1. The fourth-order valence-corrected chi connectivity index (χ4v) is 3.47. The Kier molecular flexibility index (Phi) is 5.06. The second kappa shape index (κ2) is 7.80. The first-order valence-corrected chi connectivity index (χ1v) is 9.36. The van der Waals surface area contributed by atoms with E-state index in [0.717, 1.165) is 11.3 Å². The predicted octanol–water partition coefficient (Wildman–Crippen LogP) is 2.40. The van der Waals surface area contributed by atoms with Crippen LogP contribution in [-0.2, 0) is 11.3 Å². The van der Waals surface area contributed by atoms with Crippen LogP contribution in [0.5, 0.6) is 11.5 Å². The summed E-state index contributed by atoms with van der Waals surface area (Å²) in [6.07, 6.45) is 0.277. The molecule has 7 nitrogen and oxygen atoms in total. The van der Waals surface area contributed by atoms with E-state index in [9.17, 15) is 9.59 Å². The molecule has 7 heteroatoms. The zero-order chi connectivity index (χ0) is 19.5. The average molecular weight is 381 g/mol. The smallest absolute Gasteiger partial charge is 0.317 e. The standard InChI is InChI=1S/C21H23N3O4/c1-23(13-15-5-3-2-4-6-15)21(26)22-16-11-20(25)24(14-16)17-7-8-18-19(12-17)28-10-9-27-18/h2-8,12,16H,9-11,13-14H2,1H3,(H,22,26)/t16-/m1/s1. The summed E-state index contributed by atoms with van der Waals surface area (Å²) in [5, 5.41) is 2.96. The first-order valence-electron chi connectivity index (χ1n) is 9.36. The molecule has 1 N–H and O–H groups in total. The number of amides is 3. The van der Waals surface area contributed by atoms with Gasteiger partial charge in [0.2, 0.25) is 5.91 Å². The van der Waals surface area contributed by atoms with E-state index in [4.69, 9.17) is 9.47 Å². The highest BCUT2D eigenvalue weighted by atomic mass is 16.6. The molecule has 4 rings (SSSR count). The fraction of sp³-hybridized carbons (Fsp3) is 0.333. The Labute approximate surface area is 163 Å². The summed E-state index contributed by atoms with van der Waals surface area (Å²) in [6, 6.07) is 14.9. The van der Waals surface area contributed by atoms with Gasteiger partial charge in [0.25, 0.3) is 0 Å². The molecule has 2 aliphatic heterocycles. The van der Waals surface area contributed by atoms with Crippen LogP contribution in [0.1, 0.15) is 12.0 Å².